The molecule has 0 radical (unpaired) electrons. The van der Waals surface area contributed by atoms with Crippen molar-refractivity contribution in [3.63, 3.8) is 0 Å². The van der Waals surface area contributed by atoms with Crippen molar-refractivity contribution in [1.29, 1.82) is 0 Å². The Bertz CT molecular complexity index is 328. The first kappa shape index (κ1) is 16.5. The van der Waals surface area contributed by atoms with Crippen LogP contribution in [0.4, 0.5) is 0 Å². The van der Waals surface area contributed by atoms with Gasteiger partial charge in [0.25, 0.3) is 0 Å². The Hall–Kier alpha value is 0.500. The van der Waals surface area contributed by atoms with Crippen LogP contribution in [0.1, 0.15) is 0 Å². The third kappa shape index (κ3) is 4.40. The van der Waals surface area contributed by atoms with E-state index in [4.69, 9.17) is 26.2 Å². The summed E-state index contributed by atoms with van der Waals surface area (Å²) in [5.41, 5.74) is 0. The number of ether oxygens (including phenoxy) is 2. The average Bonchev–Trinajstić information content (AvgIpc) is 2.31. The number of thiol groups is 1. The van der Waals surface area contributed by atoms with Crippen LogP contribution in [0.5, 0.6) is 11.5 Å². The highest BCUT2D eigenvalue weighted by Crippen LogP contribution is 2.33. The van der Waals surface area contributed by atoms with E-state index in [1.807, 2.05) is 21.2 Å². The molecule has 1 atom stereocenters. The lowest BCUT2D eigenvalue weighted by Gasteiger charge is -2.24. The van der Waals surface area contributed by atoms with Gasteiger partial charge >= 0.3 is 0 Å². The smallest absolute Gasteiger partial charge is 0.162 e. The number of aliphatic hydroxyl groups excluding tert-OH is 1. The van der Waals surface area contributed by atoms with Gasteiger partial charge in [0.2, 0.25) is 0 Å². The molecule has 7 heteroatoms. The van der Waals surface area contributed by atoms with Crippen LogP contribution < -0.4 is 9.47 Å². The van der Waals surface area contributed by atoms with Gasteiger partial charge in [-0.25, -0.2) is 0 Å². The van der Waals surface area contributed by atoms with E-state index in [2.05, 4.69) is 9.80 Å². The summed E-state index contributed by atoms with van der Waals surface area (Å²) in [4.78, 5) is 0. The molecule has 92 valence electrons. The van der Waals surface area contributed by atoms with Gasteiger partial charge in [-0.2, -0.15) is 13.5 Å². The Morgan fingerprint density at radius 2 is 2.12 bits per heavy atom. The second kappa shape index (κ2) is 8.57. The minimum Gasteiger partial charge on any atom is -0.486 e. The number of halogens is 2. The molecule has 0 saturated heterocycles. The lowest BCUT2D eigenvalue weighted by Crippen LogP contribution is -2.32. The van der Waals surface area contributed by atoms with Gasteiger partial charge < -0.3 is 14.6 Å². The molecule has 0 spiro atoms. The summed E-state index contributed by atoms with van der Waals surface area (Å²) in [5.74, 6) is 1.27. The highest BCUT2D eigenvalue weighted by Gasteiger charge is 2.19. The lowest BCUT2D eigenvalue weighted by molar-refractivity contribution is 0.0456. The van der Waals surface area contributed by atoms with Gasteiger partial charge in [0.15, 0.2) is 17.6 Å². The van der Waals surface area contributed by atoms with Gasteiger partial charge in [-0.15, -0.1) is 9.80 Å². The highest BCUT2D eigenvalue weighted by atomic mass is 127. The maximum atomic E-state index is 8.84. The largest absolute Gasteiger partial charge is 0.486 e. The van der Waals surface area contributed by atoms with Crippen molar-refractivity contribution in [2.24, 2.45) is 0 Å². The van der Waals surface area contributed by atoms with Gasteiger partial charge in [0.05, 0.1) is 6.61 Å². The summed E-state index contributed by atoms with van der Waals surface area (Å²) in [6.45, 7) is 0.325. The molecule has 0 saturated carbocycles. The standard InChI is InChI=1S/C9H9ClO3.HIS.H2S/c10-6-1-2-8-9(3-6)12-5-7(4-11)13-8;1-2;/h1-3,7,11H,4-5H2;2H;1H2/t7-;;/m0../s1. The number of rotatable bonds is 1. The first-order valence-corrected chi connectivity index (χ1v) is 7.77. The number of hydrogen-bond acceptors (Lipinski definition) is 4. The Morgan fingerprint density at radius 1 is 1.44 bits per heavy atom. The maximum absolute atomic E-state index is 8.84. The van der Waals surface area contributed by atoms with E-state index in [1.54, 1.807) is 18.2 Å². The van der Waals surface area contributed by atoms with Crippen molar-refractivity contribution < 1.29 is 14.6 Å². The number of hydrogen-bond donors (Lipinski definition) is 2. The van der Waals surface area contributed by atoms with E-state index in [0.717, 1.165) is 0 Å². The predicted molar refractivity (Wildman–Crippen MR) is 81.8 cm³/mol. The zero-order chi connectivity index (χ0) is 11.3. The summed E-state index contributed by atoms with van der Waals surface area (Å²) in [5, 5.41) is 9.46. The fraction of sp³-hybridized carbons (Fsp3) is 0.333. The summed E-state index contributed by atoms with van der Waals surface area (Å²) in [6, 6.07) is 5.16. The van der Waals surface area contributed by atoms with Gasteiger partial charge in [-0.1, -0.05) is 11.6 Å². The first-order chi connectivity index (χ1) is 7.29. The molecule has 0 aromatic heterocycles. The molecule has 1 aliphatic heterocycles. The first-order valence-electron chi connectivity index (χ1n) is 4.16. The molecule has 1 aromatic carbocycles. The summed E-state index contributed by atoms with van der Waals surface area (Å²) >= 11 is 7.61. The zero-order valence-corrected chi connectivity index (χ0v) is 13.0. The monoisotopic (exact) mass is 394 g/mol. The number of benzene rings is 1. The van der Waals surface area contributed by atoms with Crippen LogP contribution in [0, 0.1) is 0 Å². The summed E-state index contributed by atoms with van der Waals surface area (Å²) in [6.07, 6.45) is -0.270. The van der Waals surface area contributed by atoms with Crippen LogP contribution in [0.15, 0.2) is 18.2 Å². The topological polar surface area (TPSA) is 38.7 Å². The Morgan fingerprint density at radius 3 is 2.75 bits per heavy atom. The molecule has 0 aliphatic carbocycles. The van der Waals surface area contributed by atoms with Gasteiger partial charge in [-0.05, 0) is 33.3 Å². The molecule has 0 amide bonds. The fourth-order valence-corrected chi connectivity index (χ4v) is 1.34. The van der Waals surface area contributed by atoms with Gasteiger partial charge in [-0.3, -0.25) is 0 Å². The molecule has 0 unspecified atom stereocenters. The van der Waals surface area contributed by atoms with E-state index >= 15 is 0 Å². The average molecular weight is 395 g/mol. The molecular formula is C9H12ClIO3S2. The molecule has 1 aliphatic rings. The van der Waals surface area contributed by atoms with Crippen molar-refractivity contribution in [1.82, 2.24) is 0 Å². The third-order valence-corrected chi connectivity index (χ3v) is 2.06. The summed E-state index contributed by atoms with van der Waals surface area (Å²) < 4.78 is 10.7. The molecule has 0 fully saturated rings. The van der Waals surface area contributed by atoms with E-state index in [-0.39, 0.29) is 26.2 Å². The molecule has 1 aromatic rings. The number of fused-ring (bicyclic) bond motifs is 1. The Kier molecular flexibility index (Phi) is 8.84. The molecule has 1 heterocycles. The fourth-order valence-electron chi connectivity index (χ4n) is 1.18. The van der Waals surface area contributed by atoms with Gasteiger partial charge in [0.1, 0.15) is 6.61 Å². The van der Waals surface area contributed by atoms with E-state index < -0.39 is 0 Å². The van der Waals surface area contributed by atoms with Crippen molar-refractivity contribution >= 4 is 56.1 Å². The van der Waals surface area contributed by atoms with E-state index in [9.17, 15) is 0 Å². The molecule has 3 nitrogen and oxygen atoms in total. The van der Waals surface area contributed by atoms with Crippen molar-refractivity contribution in [2.75, 3.05) is 13.2 Å². The lowest BCUT2D eigenvalue weighted by atomic mass is 10.3. The quantitative estimate of drug-likeness (QED) is 0.568. The Balaban J connectivity index is 0.000000711. The minimum absolute atomic E-state index is 0. The third-order valence-electron chi connectivity index (χ3n) is 1.83. The normalized spacial score (nSPS) is 16.6. The highest BCUT2D eigenvalue weighted by molar-refractivity contribution is 14.2. The molecule has 2 rings (SSSR count). The molecule has 16 heavy (non-hydrogen) atoms. The van der Waals surface area contributed by atoms with Crippen LogP contribution in [-0.4, -0.2) is 24.4 Å². The van der Waals surface area contributed by atoms with Gasteiger partial charge in [0, 0.05) is 11.1 Å². The van der Waals surface area contributed by atoms with Crippen molar-refractivity contribution in [3.05, 3.63) is 23.2 Å². The van der Waals surface area contributed by atoms with Crippen molar-refractivity contribution in [3.8, 4) is 11.5 Å². The zero-order valence-electron chi connectivity index (χ0n) is 8.19. The van der Waals surface area contributed by atoms with Crippen LogP contribution >= 0.6 is 56.1 Å². The SMILES string of the molecule is OC[C@H]1COc2cc(Cl)ccc2O1.S.SI. The molecular weight excluding hydrogens is 383 g/mol. The van der Waals surface area contributed by atoms with Crippen LogP contribution in [0.3, 0.4) is 0 Å². The number of aliphatic hydroxyl groups is 1. The van der Waals surface area contributed by atoms with E-state index in [0.29, 0.717) is 23.1 Å². The second-order valence-electron chi connectivity index (χ2n) is 2.82. The van der Waals surface area contributed by atoms with E-state index in [1.165, 1.54) is 0 Å². The van der Waals surface area contributed by atoms with Crippen LogP contribution in [0.2, 0.25) is 5.02 Å². The summed E-state index contributed by atoms with van der Waals surface area (Å²) in [7, 11) is 3.50. The van der Waals surface area contributed by atoms with Crippen LogP contribution in [0.25, 0.3) is 0 Å². The minimum atomic E-state index is -0.270. The van der Waals surface area contributed by atoms with Crippen molar-refractivity contribution in [2.45, 2.75) is 6.10 Å². The molecule has 1 N–H and O–H groups in total. The Labute approximate surface area is 124 Å². The molecule has 0 bridgehead atoms. The maximum Gasteiger partial charge on any atom is 0.162 e. The van der Waals surface area contributed by atoms with Crippen LogP contribution in [-0.2, 0) is 0 Å². The predicted octanol–water partition coefficient (Wildman–Crippen LogP) is 2.85. The second-order valence-corrected chi connectivity index (χ2v) is 3.26.